The van der Waals surface area contributed by atoms with Gasteiger partial charge in [-0.3, -0.25) is 19.2 Å². The summed E-state index contributed by atoms with van der Waals surface area (Å²) in [6.45, 7) is 3.98. The van der Waals surface area contributed by atoms with Crippen molar-refractivity contribution in [1.82, 2.24) is 0 Å². The molecule has 0 N–H and O–H groups in total. The van der Waals surface area contributed by atoms with Gasteiger partial charge in [0, 0.05) is 27.7 Å². The Balaban J connectivity index is 2.41. The average Bonchev–Trinajstić information content (AvgIpc) is 2.96. The fourth-order valence-electron chi connectivity index (χ4n) is 3.08. The molecular formula is C21H26O10. The van der Waals surface area contributed by atoms with Gasteiger partial charge in [-0.2, -0.15) is 0 Å². The van der Waals surface area contributed by atoms with Crippen molar-refractivity contribution in [2.75, 3.05) is 13.2 Å². The zero-order valence-corrected chi connectivity index (χ0v) is 17.8. The van der Waals surface area contributed by atoms with E-state index in [4.69, 9.17) is 28.4 Å². The number of benzene rings is 1. The van der Waals surface area contributed by atoms with Crippen LogP contribution in [0.3, 0.4) is 0 Å². The van der Waals surface area contributed by atoms with Gasteiger partial charge in [0.05, 0.1) is 6.61 Å². The first kappa shape index (κ1) is 24.3. The van der Waals surface area contributed by atoms with Gasteiger partial charge in [0.2, 0.25) is 5.79 Å². The van der Waals surface area contributed by atoms with Crippen LogP contribution in [0.15, 0.2) is 30.3 Å². The third kappa shape index (κ3) is 7.04. The van der Waals surface area contributed by atoms with Gasteiger partial charge in [0.15, 0.2) is 12.2 Å². The van der Waals surface area contributed by atoms with Crippen LogP contribution in [-0.4, -0.2) is 61.2 Å². The molecule has 31 heavy (non-hydrogen) atoms. The molecule has 1 aromatic carbocycles. The average molecular weight is 438 g/mol. The van der Waals surface area contributed by atoms with Gasteiger partial charge in [-0.25, -0.2) is 0 Å². The van der Waals surface area contributed by atoms with Gasteiger partial charge in [-0.15, -0.1) is 0 Å². The molecule has 1 aliphatic heterocycles. The first-order valence-corrected chi connectivity index (χ1v) is 9.60. The fourth-order valence-corrected chi connectivity index (χ4v) is 3.08. The molecule has 0 amide bonds. The lowest BCUT2D eigenvalue weighted by Gasteiger charge is -2.33. The van der Waals surface area contributed by atoms with Crippen LogP contribution in [-0.2, 0) is 54.2 Å². The van der Waals surface area contributed by atoms with Crippen molar-refractivity contribution in [1.29, 1.82) is 0 Å². The zero-order chi connectivity index (χ0) is 23.0. The van der Waals surface area contributed by atoms with Crippen molar-refractivity contribution in [2.45, 2.75) is 58.4 Å². The molecule has 1 saturated heterocycles. The van der Waals surface area contributed by atoms with Crippen LogP contribution in [0.2, 0.25) is 0 Å². The molecule has 0 bridgehead atoms. The molecular weight excluding hydrogens is 412 g/mol. The Hall–Kier alpha value is -2.98. The number of carbonyl (C=O) groups is 4. The number of carbonyl (C=O) groups excluding carboxylic acids is 4. The Bertz CT molecular complexity index is 793. The van der Waals surface area contributed by atoms with Crippen molar-refractivity contribution in [2.24, 2.45) is 0 Å². The maximum absolute atomic E-state index is 11.8. The fraction of sp³-hybridized carbons (Fsp3) is 0.524. The van der Waals surface area contributed by atoms with E-state index in [1.165, 1.54) is 20.8 Å². The Labute approximate surface area is 179 Å². The molecule has 1 aliphatic rings. The molecule has 1 fully saturated rings. The zero-order valence-electron chi connectivity index (χ0n) is 17.8. The minimum Gasteiger partial charge on any atom is -0.463 e. The van der Waals surface area contributed by atoms with Crippen molar-refractivity contribution < 1.29 is 47.6 Å². The van der Waals surface area contributed by atoms with E-state index in [0.29, 0.717) is 0 Å². The summed E-state index contributed by atoms with van der Waals surface area (Å²) in [6.07, 6.45) is -3.51. The number of hydrogen-bond donors (Lipinski definition) is 0. The predicted octanol–water partition coefficient (Wildman–Crippen LogP) is 1.29. The first-order chi connectivity index (χ1) is 14.6. The largest absolute Gasteiger partial charge is 0.463 e. The highest BCUT2D eigenvalue weighted by Crippen LogP contribution is 2.38. The minimum absolute atomic E-state index is 0.00689. The molecule has 2 rings (SSSR count). The van der Waals surface area contributed by atoms with Crippen molar-refractivity contribution >= 4 is 23.9 Å². The highest BCUT2D eigenvalue weighted by Gasteiger charge is 2.61. The summed E-state index contributed by atoms with van der Waals surface area (Å²) in [5.41, 5.74) is 0.766. The van der Waals surface area contributed by atoms with Crippen LogP contribution in [0.5, 0.6) is 0 Å². The second-order valence-electron chi connectivity index (χ2n) is 6.93. The van der Waals surface area contributed by atoms with Gasteiger partial charge in [-0.05, 0) is 5.56 Å². The molecule has 10 nitrogen and oxygen atoms in total. The summed E-state index contributed by atoms with van der Waals surface area (Å²) < 4.78 is 32.8. The summed E-state index contributed by atoms with van der Waals surface area (Å²) in [4.78, 5) is 46.4. The lowest BCUT2D eigenvalue weighted by atomic mass is 10.0. The quantitative estimate of drug-likeness (QED) is 0.411. The molecule has 10 heteroatoms. The Morgan fingerprint density at radius 1 is 0.871 bits per heavy atom. The van der Waals surface area contributed by atoms with Gasteiger partial charge >= 0.3 is 23.9 Å². The summed E-state index contributed by atoms with van der Waals surface area (Å²) in [7, 11) is 0. The maximum atomic E-state index is 11.8. The Morgan fingerprint density at radius 3 is 2.03 bits per heavy atom. The predicted molar refractivity (Wildman–Crippen MR) is 103 cm³/mol. The highest BCUT2D eigenvalue weighted by atomic mass is 16.8. The summed E-state index contributed by atoms with van der Waals surface area (Å²) in [5, 5.41) is 0. The minimum atomic E-state index is -1.81. The summed E-state index contributed by atoms with van der Waals surface area (Å²) in [6, 6.07) is 9.05. The van der Waals surface area contributed by atoms with E-state index in [2.05, 4.69) is 0 Å². The molecule has 0 spiro atoms. The number of hydrogen-bond acceptors (Lipinski definition) is 10. The molecule has 0 aromatic heterocycles. The number of esters is 4. The third-order valence-electron chi connectivity index (χ3n) is 4.30. The van der Waals surface area contributed by atoms with Gasteiger partial charge in [0.1, 0.15) is 19.3 Å². The van der Waals surface area contributed by atoms with Crippen LogP contribution >= 0.6 is 0 Å². The highest BCUT2D eigenvalue weighted by molar-refractivity contribution is 5.68. The van der Waals surface area contributed by atoms with E-state index in [0.717, 1.165) is 12.5 Å². The van der Waals surface area contributed by atoms with E-state index in [-0.39, 0.29) is 13.2 Å². The van der Waals surface area contributed by atoms with Crippen LogP contribution < -0.4 is 0 Å². The molecule has 170 valence electrons. The molecule has 0 radical (unpaired) electrons. The monoisotopic (exact) mass is 438 g/mol. The first-order valence-electron chi connectivity index (χ1n) is 9.60. The van der Waals surface area contributed by atoms with E-state index in [1.807, 2.05) is 18.2 Å². The van der Waals surface area contributed by atoms with E-state index in [1.54, 1.807) is 12.1 Å². The van der Waals surface area contributed by atoms with E-state index >= 15 is 0 Å². The molecule has 1 aromatic rings. The maximum Gasteiger partial charge on any atom is 0.303 e. The number of ether oxygens (including phenoxy) is 6. The molecule has 1 heterocycles. The lowest BCUT2D eigenvalue weighted by molar-refractivity contribution is -0.286. The van der Waals surface area contributed by atoms with Crippen molar-refractivity contribution in [3.8, 4) is 0 Å². The Kier molecular flexibility index (Phi) is 8.52. The van der Waals surface area contributed by atoms with Gasteiger partial charge < -0.3 is 28.4 Å². The number of rotatable bonds is 9. The summed E-state index contributed by atoms with van der Waals surface area (Å²) >= 11 is 0. The second-order valence-corrected chi connectivity index (χ2v) is 6.93. The Morgan fingerprint density at radius 2 is 1.48 bits per heavy atom. The molecule has 4 atom stereocenters. The van der Waals surface area contributed by atoms with Crippen LogP contribution in [0.1, 0.15) is 33.3 Å². The van der Waals surface area contributed by atoms with E-state index < -0.39 is 54.6 Å². The van der Waals surface area contributed by atoms with Gasteiger partial charge in [-0.1, -0.05) is 30.3 Å². The van der Waals surface area contributed by atoms with E-state index in [9.17, 15) is 19.2 Å². The lowest BCUT2D eigenvalue weighted by Crippen LogP contribution is -2.52. The molecule has 0 aliphatic carbocycles. The topological polar surface area (TPSA) is 124 Å². The SMILES string of the molecule is CC(=O)OC[C@@H]1O[C@](COC(C)=O)(OCc2ccccc2)[C@@H](OC(C)=O)[C@@H]1OC(C)=O. The summed E-state index contributed by atoms with van der Waals surface area (Å²) in [5.74, 6) is -4.39. The second kappa shape index (κ2) is 10.9. The molecule has 0 saturated carbocycles. The third-order valence-corrected chi connectivity index (χ3v) is 4.30. The van der Waals surface area contributed by atoms with Crippen molar-refractivity contribution in [3.63, 3.8) is 0 Å². The van der Waals surface area contributed by atoms with Crippen molar-refractivity contribution in [3.05, 3.63) is 35.9 Å². The normalized spacial score (nSPS) is 24.8. The molecule has 0 unspecified atom stereocenters. The van der Waals surface area contributed by atoms with Crippen LogP contribution in [0, 0.1) is 0 Å². The van der Waals surface area contributed by atoms with Crippen LogP contribution in [0.25, 0.3) is 0 Å². The standard InChI is InChI=1S/C21H26O10/c1-13(22)26-11-18-19(29-15(3)24)20(30-16(4)25)21(31-18,12-27-14(2)23)28-10-17-8-6-5-7-9-17/h5-9,18-20H,10-12H2,1-4H3/t18-,19+,20-,21-/m0/s1. The van der Waals surface area contributed by atoms with Crippen LogP contribution in [0.4, 0.5) is 0 Å². The van der Waals surface area contributed by atoms with Gasteiger partial charge in [0.25, 0.3) is 0 Å². The smallest absolute Gasteiger partial charge is 0.303 e.